The van der Waals surface area contributed by atoms with E-state index in [1.165, 1.54) is 6.33 Å². The van der Waals surface area contributed by atoms with Crippen LogP contribution in [0.1, 0.15) is 5.69 Å². The lowest BCUT2D eigenvalue weighted by Crippen LogP contribution is -2.37. The summed E-state index contributed by atoms with van der Waals surface area (Å²) in [5, 5.41) is 18.8. The molecule has 0 fully saturated rings. The molecule has 0 saturated heterocycles. The predicted octanol–water partition coefficient (Wildman–Crippen LogP) is -0.712. The summed E-state index contributed by atoms with van der Waals surface area (Å²) in [6.07, 6.45) is 1.38. The van der Waals surface area contributed by atoms with Gasteiger partial charge in [0.2, 0.25) is 5.82 Å². The van der Waals surface area contributed by atoms with Crippen LogP contribution >= 0.6 is 0 Å². The van der Waals surface area contributed by atoms with Crippen molar-refractivity contribution in [2.24, 2.45) is 4.99 Å². The van der Waals surface area contributed by atoms with Gasteiger partial charge in [-0.2, -0.15) is 5.41 Å². The summed E-state index contributed by atoms with van der Waals surface area (Å²) < 4.78 is 0.343. The molecule has 1 aliphatic heterocycles. The van der Waals surface area contributed by atoms with Gasteiger partial charge >= 0.3 is 5.96 Å². The zero-order valence-corrected chi connectivity index (χ0v) is 7.69. The monoisotopic (exact) mass is 209 g/mol. The molecule has 0 saturated carbocycles. The van der Waals surface area contributed by atoms with Gasteiger partial charge in [0.15, 0.2) is 5.69 Å². The van der Waals surface area contributed by atoms with Crippen LogP contribution in [-0.4, -0.2) is 44.8 Å². The number of hydrogen-bond acceptors (Lipinski definition) is 5. The second-order valence-electron chi connectivity index (χ2n) is 2.82. The van der Waals surface area contributed by atoms with E-state index < -0.39 is 0 Å². The molecule has 0 spiro atoms. The Hall–Kier alpha value is -2.09. The summed E-state index contributed by atoms with van der Waals surface area (Å²) >= 11 is 0. The second kappa shape index (κ2) is 3.58. The van der Waals surface area contributed by atoms with Gasteiger partial charge in [-0.15, -0.1) is 9.90 Å². The van der Waals surface area contributed by atoms with E-state index in [0.29, 0.717) is 16.3 Å². The van der Waals surface area contributed by atoms with E-state index in [-0.39, 0.29) is 24.9 Å². The Balaban J connectivity index is 2.35. The molecule has 0 amide bonds. The second-order valence-corrected chi connectivity index (χ2v) is 2.82. The molecule has 0 aliphatic carbocycles. The molecule has 15 heavy (non-hydrogen) atoms. The molecule has 2 heterocycles. The number of aliphatic hydroxyl groups excluding tert-OH is 1. The van der Waals surface area contributed by atoms with E-state index in [4.69, 9.17) is 10.5 Å². The van der Waals surface area contributed by atoms with Crippen molar-refractivity contribution in [3.63, 3.8) is 0 Å². The van der Waals surface area contributed by atoms with Crippen LogP contribution in [-0.2, 0) is 0 Å². The number of imidazole rings is 1. The minimum Gasteiger partial charge on any atom is -0.393 e. The molecule has 1 aliphatic rings. The van der Waals surface area contributed by atoms with Crippen molar-refractivity contribution in [3.05, 3.63) is 16.9 Å². The fraction of sp³-hybridized carbons (Fsp3) is 0.286. The molecule has 0 atom stereocenters. The Kier molecular flexibility index (Phi) is 2.26. The summed E-state index contributed by atoms with van der Waals surface area (Å²) in [7, 11) is 0. The molecule has 8 heteroatoms. The van der Waals surface area contributed by atoms with E-state index in [9.17, 15) is 4.91 Å². The normalized spacial score (nSPS) is 17.8. The number of fused-ring (bicyclic) bond motifs is 1. The number of aromatic amines is 1. The maximum Gasteiger partial charge on any atom is 0.389 e. The fourth-order valence-corrected chi connectivity index (χ4v) is 1.19. The molecule has 0 aromatic carbocycles. The number of H-pyrrole nitrogens is 1. The van der Waals surface area contributed by atoms with Gasteiger partial charge in [0.05, 0.1) is 12.9 Å². The van der Waals surface area contributed by atoms with E-state index >= 15 is 0 Å². The Morgan fingerprint density at radius 1 is 1.67 bits per heavy atom. The van der Waals surface area contributed by atoms with Crippen molar-refractivity contribution in [3.8, 4) is 0 Å². The van der Waals surface area contributed by atoms with Gasteiger partial charge in [-0.3, -0.25) is 0 Å². The first-order valence-corrected chi connectivity index (χ1v) is 4.26. The number of amidine groups is 1. The summed E-state index contributed by atoms with van der Waals surface area (Å²) in [6.45, 7) is -0.0477. The first kappa shape index (κ1) is 9.46. The summed E-state index contributed by atoms with van der Waals surface area (Å²) in [6, 6.07) is 0. The van der Waals surface area contributed by atoms with Crippen molar-refractivity contribution >= 4 is 17.6 Å². The van der Waals surface area contributed by atoms with Crippen LogP contribution in [0, 0.1) is 10.3 Å². The highest BCUT2D eigenvalue weighted by molar-refractivity contribution is 6.07. The Morgan fingerprint density at radius 2 is 2.47 bits per heavy atom. The van der Waals surface area contributed by atoms with Crippen molar-refractivity contribution in [1.29, 1.82) is 5.41 Å². The van der Waals surface area contributed by atoms with E-state index in [1.54, 1.807) is 0 Å². The standard InChI is InChI=1S/C7H9N6O2/c8-5-4-6(11-3-10-4)12-7(13(5)15)9-1-2-14/h3,8,14H,1-2H2,(H,9,12)(H,10,11)/q+1. The molecule has 0 radical (unpaired) electrons. The Morgan fingerprint density at radius 3 is 3.20 bits per heavy atom. The van der Waals surface area contributed by atoms with Crippen LogP contribution in [0.3, 0.4) is 0 Å². The average Bonchev–Trinajstić information content (AvgIpc) is 2.69. The largest absolute Gasteiger partial charge is 0.393 e. The number of anilines is 1. The number of aliphatic imine (C=N–C) groups is 1. The van der Waals surface area contributed by atoms with Gasteiger partial charge in [-0.05, 0) is 0 Å². The fourth-order valence-electron chi connectivity index (χ4n) is 1.19. The van der Waals surface area contributed by atoms with E-state index in [2.05, 4.69) is 20.3 Å². The lowest BCUT2D eigenvalue weighted by molar-refractivity contribution is -0.297. The third kappa shape index (κ3) is 1.50. The molecule has 78 valence electrons. The first-order valence-electron chi connectivity index (χ1n) is 4.26. The molecule has 8 nitrogen and oxygen atoms in total. The number of nitroso groups, excluding NO2 is 1. The van der Waals surface area contributed by atoms with Gasteiger partial charge in [0.1, 0.15) is 6.54 Å². The maximum atomic E-state index is 11.5. The topological polar surface area (TPSA) is 117 Å². The SMILES string of the molecule is N=C1c2[nH]cnc2NC(=NCCO)[N+]1=O. The van der Waals surface area contributed by atoms with Crippen molar-refractivity contribution < 1.29 is 9.87 Å². The zero-order valence-electron chi connectivity index (χ0n) is 7.69. The molecule has 0 unspecified atom stereocenters. The van der Waals surface area contributed by atoms with Gasteiger partial charge in [-0.1, -0.05) is 0 Å². The predicted molar refractivity (Wildman–Crippen MR) is 52.1 cm³/mol. The summed E-state index contributed by atoms with van der Waals surface area (Å²) in [5.41, 5.74) is 0.327. The van der Waals surface area contributed by atoms with Crippen LogP contribution < -0.4 is 5.32 Å². The van der Waals surface area contributed by atoms with Gasteiger partial charge in [0.25, 0.3) is 5.84 Å². The zero-order chi connectivity index (χ0) is 10.8. The Labute approximate surface area is 84.1 Å². The highest BCUT2D eigenvalue weighted by Gasteiger charge is 2.34. The molecule has 0 bridgehead atoms. The third-order valence-electron chi connectivity index (χ3n) is 1.86. The van der Waals surface area contributed by atoms with Crippen LogP contribution in [0.4, 0.5) is 5.82 Å². The van der Waals surface area contributed by atoms with Crippen LogP contribution in [0.5, 0.6) is 0 Å². The van der Waals surface area contributed by atoms with E-state index in [0.717, 1.165) is 0 Å². The third-order valence-corrected chi connectivity index (χ3v) is 1.86. The number of hydrogen-bond donors (Lipinski definition) is 4. The average molecular weight is 209 g/mol. The summed E-state index contributed by atoms with van der Waals surface area (Å²) in [4.78, 5) is 21.8. The number of aliphatic hydroxyl groups is 1. The number of guanidine groups is 1. The van der Waals surface area contributed by atoms with Crippen molar-refractivity contribution in [2.75, 3.05) is 18.5 Å². The molecular formula is C7H9N6O2+. The van der Waals surface area contributed by atoms with Crippen molar-refractivity contribution in [1.82, 2.24) is 9.97 Å². The lowest BCUT2D eigenvalue weighted by atomic mass is 10.3. The molecular weight excluding hydrogens is 200 g/mol. The van der Waals surface area contributed by atoms with Crippen LogP contribution in [0.2, 0.25) is 0 Å². The maximum absolute atomic E-state index is 11.5. The molecule has 1 aromatic rings. The summed E-state index contributed by atoms with van der Waals surface area (Å²) in [5.74, 6) is 0.107. The smallest absolute Gasteiger partial charge is 0.389 e. The molecule has 2 rings (SSSR count). The number of nitrogens with one attached hydrogen (secondary N) is 3. The Bertz CT molecular complexity index is 448. The molecule has 4 N–H and O–H groups in total. The van der Waals surface area contributed by atoms with Gasteiger partial charge in [-0.25, -0.2) is 10.3 Å². The van der Waals surface area contributed by atoms with Crippen LogP contribution in [0.15, 0.2) is 11.3 Å². The minimum absolute atomic E-state index is 0.0337. The lowest BCUT2D eigenvalue weighted by Gasteiger charge is -2.08. The first-order chi connectivity index (χ1) is 7.24. The number of aromatic nitrogens is 2. The highest BCUT2D eigenvalue weighted by Crippen LogP contribution is 2.15. The van der Waals surface area contributed by atoms with Gasteiger partial charge in [0, 0.05) is 4.76 Å². The van der Waals surface area contributed by atoms with E-state index in [1.807, 2.05) is 0 Å². The molecule has 1 aromatic heterocycles. The van der Waals surface area contributed by atoms with Gasteiger partial charge < -0.3 is 10.1 Å². The number of rotatable bonds is 2. The highest BCUT2D eigenvalue weighted by atomic mass is 16.3. The van der Waals surface area contributed by atoms with Crippen molar-refractivity contribution in [2.45, 2.75) is 0 Å². The van der Waals surface area contributed by atoms with Crippen LogP contribution in [0.25, 0.3) is 0 Å². The number of nitrogens with zero attached hydrogens (tertiary/aromatic N) is 3. The minimum atomic E-state index is -0.252. The quantitative estimate of drug-likeness (QED) is 0.481.